The van der Waals surface area contributed by atoms with E-state index in [2.05, 4.69) is 5.32 Å². The summed E-state index contributed by atoms with van der Waals surface area (Å²) in [5.41, 5.74) is 1.86. The standard InChI is InChI=1S/C19H14Cl2FNO2/c20-13-5-6-14(21)18-17(13)12(19(25)23-18)8-16(24)11-4-3-10(7-15(11)22)9-1-2-9/h3-7,9,12H,1-2,8H2,(H,23,25). The van der Waals surface area contributed by atoms with Gasteiger partial charge in [-0.3, -0.25) is 9.59 Å². The molecule has 4 rings (SSSR count). The van der Waals surface area contributed by atoms with Crippen LogP contribution >= 0.6 is 23.2 Å². The van der Waals surface area contributed by atoms with Crippen molar-refractivity contribution >= 4 is 40.6 Å². The van der Waals surface area contributed by atoms with Crippen LogP contribution in [0.3, 0.4) is 0 Å². The normalized spacial score (nSPS) is 18.8. The molecule has 0 aromatic heterocycles. The van der Waals surface area contributed by atoms with E-state index in [1.165, 1.54) is 12.1 Å². The first-order valence-electron chi connectivity index (χ1n) is 8.07. The highest BCUT2D eigenvalue weighted by Crippen LogP contribution is 2.44. The minimum atomic E-state index is -0.767. The first-order chi connectivity index (χ1) is 12.0. The van der Waals surface area contributed by atoms with Crippen LogP contribution in [0.5, 0.6) is 0 Å². The Hall–Kier alpha value is -1.91. The predicted molar refractivity (Wildman–Crippen MR) is 95.2 cm³/mol. The number of ketones is 1. The van der Waals surface area contributed by atoms with Gasteiger partial charge in [0.2, 0.25) is 5.91 Å². The zero-order valence-electron chi connectivity index (χ0n) is 13.1. The van der Waals surface area contributed by atoms with Crippen molar-refractivity contribution in [3.8, 4) is 0 Å². The molecule has 1 atom stereocenters. The molecule has 2 aromatic carbocycles. The smallest absolute Gasteiger partial charge is 0.232 e. The summed E-state index contributed by atoms with van der Waals surface area (Å²) in [6.45, 7) is 0. The number of carbonyl (C=O) groups excluding carboxylic acids is 2. The van der Waals surface area contributed by atoms with Crippen LogP contribution in [-0.2, 0) is 4.79 Å². The third kappa shape index (κ3) is 2.94. The predicted octanol–water partition coefficient (Wildman–Crippen LogP) is 5.32. The molecule has 128 valence electrons. The Labute approximate surface area is 154 Å². The van der Waals surface area contributed by atoms with Gasteiger partial charge in [-0.2, -0.15) is 0 Å². The molecule has 6 heteroatoms. The van der Waals surface area contributed by atoms with Crippen molar-refractivity contribution in [2.45, 2.75) is 31.1 Å². The molecule has 1 unspecified atom stereocenters. The number of nitrogens with one attached hydrogen (secondary N) is 1. The van der Waals surface area contributed by atoms with Gasteiger partial charge < -0.3 is 5.32 Å². The second kappa shape index (κ2) is 6.11. The molecule has 1 amide bonds. The Kier molecular flexibility index (Phi) is 4.05. The first kappa shape index (κ1) is 16.6. The Balaban J connectivity index is 1.62. The summed E-state index contributed by atoms with van der Waals surface area (Å²) in [6, 6.07) is 7.91. The van der Waals surface area contributed by atoms with Crippen LogP contribution in [0.2, 0.25) is 10.0 Å². The maximum atomic E-state index is 14.3. The van der Waals surface area contributed by atoms with Crippen LogP contribution in [0.4, 0.5) is 10.1 Å². The lowest BCUT2D eigenvalue weighted by atomic mass is 9.92. The lowest BCUT2D eigenvalue weighted by Crippen LogP contribution is -2.17. The molecule has 1 N–H and O–H groups in total. The minimum absolute atomic E-state index is 0.00352. The summed E-state index contributed by atoms with van der Waals surface area (Å²) in [5.74, 6) is -1.68. The number of rotatable bonds is 4. The van der Waals surface area contributed by atoms with Crippen molar-refractivity contribution in [2.75, 3.05) is 5.32 Å². The molecule has 2 aromatic rings. The van der Waals surface area contributed by atoms with Crippen molar-refractivity contribution in [1.82, 2.24) is 0 Å². The largest absolute Gasteiger partial charge is 0.324 e. The van der Waals surface area contributed by atoms with Crippen molar-refractivity contribution in [3.63, 3.8) is 0 Å². The number of amides is 1. The van der Waals surface area contributed by atoms with Gasteiger partial charge in [-0.1, -0.05) is 29.3 Å². The minimum Gasteiger partial charge on any atom is -0.324 e. The monoisotopic (exact) mass is 377 g/mol. The van der Waals surface area contributed by atoms with Crippen molar-refractivity contribution in [2.24, 2.45) is 0 Å². The van der Waals surface area contributed by atoms with Crippen LogP contribution in [-0.4, -0.2) is 11.7 Å². The van der Waals surface area contributed by atoms with Gasteiger partial charge in [0.05, 0.1) is 22.2 Å². The van der Waals surface area contributed by atoms with Gasteiger partial charge in [-0.05, 0) is 48.6 Å². The van der Waals surface area contributed by atoms with Gasteiger partial charge in [0.1, 0.15) is 5.82 Å². The molecule has 1 saturated carbocycles. The number of halogens is 3. The second-order valence-corrected chi connectivity index (χ2v) is 7.31. The molecule has 0 spiro atoms. The SMILES string of the molecule is O=C(CC1C(=O)Nc2c(Cl)ccc(Cl)c21)c1ccc(C2CC2)cc1F. The maximum absolute atomic E-state index is 14.3. The van der Waals surface area contributed by atoms with E-state index in [0.717, 1.165) is 18.4 Å². The summed E-state index contributed by atoms with van der Waals surface area (Å²) in [6.07, 6.45) is 1.97. The number of carbonyl (C=O) groups is 2. The van der Waals surface area contributed by atoms with E-state index in [-0.39, 0.29) is 17.9 Å². The average molecular weight is 378 g/mol. The van der Waals surface area contributed by atoms with E-state index >= 15 is 0 Å². The lowest BCUT2D eigenvalue weighted by Gasteiger charge is -2.11. The third-order valence-corrected chi connectivity index (χ3v) is 5.43. The fourth-order valence-electron chi connectivity index (χ4n) is 3.29. The van der Waals surface area contributed by atoms with Crippen LogP contribution in [0.25, 0.3) is 0 Å². The van der Waals surface area contributed by atoms with Crippen LogP contribution in [0, 0.1) is 5.82 Å². The lowest BCUT2D eigenvalue weighted by molar-refractivity contribution is -0.117. The molecule has 2 aliphatic rings. The van der Waals surface area contributed by atoms with E-state index < -0.39 is 17.5 Å². The first-order valence-corrected chi connectivity index (χ1v) is 8.82. The van der Waals surface area contributed by atoms with Gasteiger partial charge in [0.25, 0.3) is 0 Å². The zero-order valence-corrected chi connectivity index (χ0v) is 14.6. The Morgan fingerprint density at radius 2 is 1.88 bits per heavy atom. The van der Waals surface area contributed by atoms with Crippen LogP contribution in [0.15, 0.2) is 30.3 Å². The Morgan fingerprint density at radius 3 is 2.56 bits per heavy atom. The number of fused-ring (bicyclic) bond motifs is 1. The Bertz CT molecular complexity index is 909. The van der Waals surface area contributed by atoms with Crippen LogP contribution in [0.1, 0.15) is 52.6 Å². The van der Waals surface area contributed by atoms with Crippen LogP contribution < -0.4 is 5.32 Å². The zero-order chi connectivity index (χ0) is 17.7. The molecule has 1 aliphatic carbocycles. The molecule has 0 saturated heterocycles. The highest BCUT2D eigenvalue weighted by Gasteiger charge is 2.36. The van der Waals surface area contributed by atoms with E-state index in [1.807, 2.05) is 0 Å². The van der Waals surface area contributed by atoms with E-state index in [0.29, 0.717) is 27.2 Å². The molecule has 0 bridgehead atoms. The van der Waals surface area contributed by atoms with Gasteiger partial charge in [-0.15, -0.1) is 0 Å². The maximum Gasteiger partial charge on any atom is 0.232 e. The van der Waals surface area contributed by atoms with Gasteiger partial charge in [0.15, 0.2) is 5.78 Å². The molecule has 0 radical (unpaired) electrons. The van der Waals surface area contributed by atoms with E-state index in [1.54, 1.807) is 18.2 Å². The number of benzene rings is 2. The highest BCUT2D eigenvalue weighted by atomic mass is 35.5. The molecule has 3 nitrogen and oxygen atoms in total. The molecule has 25 heavy (non-hydrogen) atoms. The average Bonchev–Trinajstić information content (AvgIpc) is 3.36. The molecule has 1 aliphatic heterocycles. The fraction of sp³-hybridized carbons (Fsp3) is 0.263. The van der Waals surface area contributed by atoms with Crippen molar-refractivity contribution < 1.29 is 14.0 Å². The van der Waals surface area contributed by atoms with Crippen molar-refractivity contribution in [1.29, 1.82) is 0 Å². The quantitative estimate of drug-likeness (QED) is 0.732. The van der Waals surface area contributed by atoms with Gasteiger partial charge in [0, 0.05) is 17.0 Å². The molecule has 1 fully saturated rings. The third-order valence-electron chi connectivity index (χ3n) is 4.79. The Morgan fingerprint density at radius 1 is 1.16 bits per heavy atom. The summed E-state index contributed by atoms with van der Waals surface area (Å²) >= 11 is 12.3. The van der Waals surface area contributed by atoms with E-state index in [4.69, 9.17) is 23.2 Å². The van der Waals surface area contributed by atoms with Crippen molar-refractivity contribution in [3.05, 3.63) is 62.9 Å². The second-order valence-electron chi connectivity index (χ2n) is 6.50. The topological polar surface area (TPSA) is 46.2 Å². The molecule has 1 heterocycles. The summed E-state index contributed by atoms with van der Waals surface area (Å²) < 4.78 is 14.3. The number of hydrogen-bond donors (Lipinski definition) is 1. The number of hydrogen-bond acceptors (Lipinski definition) is 2. The number of Topliss-reactive ketones (excluding diaryl/α,β-unsaturated/α-hetero) is 1. The molecular formula is C19H14Cl2FNO2. The summed E-state index contributed by atoms with van der Waals surface area (Å²) in [4.78, 5) is 24.8. The number of anilines is 1. The summed E-state index contributed by atoms with van der Waals surface area (Å²) in [5, 5.41) is 3.38. The summed E-state index contributed by atoms with van der Waals surface area (Å²) in [7, 11) is 0. The van der Waals surface area contributed by atoms with Gasteiger partial charge >= 0.3 is 0 Å². The van der Waals surface area contributed by atoms with Gasteiger partial charge in [-0.25, -0.2) is 4.39 Å². The fourth-order valence-corrected chi connectivity index (χ4v) is 3.80. The highest BCUT2D eigenvalue weighted by molar-refractivity contribution is 6.38. The van der Waals surface area contributed by atoms with E-state index in [9.17, 15) is 14.0 Å². The molecular weight excluding hydrogens is 364 g/mol.